The van der Waals surface area contributed by atoms with E-state index in [9.17, 15) is 9.59 Å². The minimum absolute atomic E-state index is 0.0309. The Labute approximate surface area is 198 Å². The topological polar surface area (TPSA) is 56.8 Å². The summed E-state index contributed by atoms with van der Waals surface area (Å²) in [7, 11) is 0. The van der Waals surface area contributed by atoms with Gasteiger partial charge in [-0.1, -0.05) is 45.0 Å². The summed E-state index contributed by atoms with van der Waals surface area (Å²) in [5, 5.41) is 0. The maximum Gasteiger partial charge on any atom is 0.223 e. The highest BCUT2D eigenvalue weighted by Gasteiger charge is 2.24. The Morgan fingerprint density at radius 3 is 2.30 bits per heavy atom. The summed E-state index contributed by atoms with van der Waals surface area (Å²) in [6, 6.07) is 14.0. The van der Waals surface area contributed by atoms with Gasteiger partial charge in [-0.15, -0.1) is 0 Å². The molecule has 1 aromatic carbocycles. The first-order chi connectivity index (χ1) is 15.7. The normalized spacial score (nSPS) is 16.5. The molecule has 0 N–H and O–H groups in total. The number of nitrogens with zero attached hydrogens (tertiary/aromatic N) is 4. The molecule has 1 aromatic heterocycles. The van der Waals surface area contributed by atoms with Crippen LogP contribution in [-0.2, 0) is 22.7 Å². The zero-order chi connectivity index (χ0) is 23.8. The van der Waals surface area contributed by atoms with Gasteiger partial charge in [-0.25, -0.2) is 0 Å². The van der Waals surface area contributed by atoms with Gasteiger partial charge in [0.15, 0.2) is 0 Å². The Bertz CT molecular complexity index is 923. The molecular weight excluding hydrogens is 412 g/mol. The van der Waals surface area contributed by atoms with Crippen LogP contribution in [0, 0.1) is 5.41 Å². The Balaban J connectivity index is 1.87. The summed E-state index contributed by atoms with van der Waals surface area (Å²) in [6.07, 6.45) is 4.12. The van der Waals surface area contributed by atoms with Gasteiger partial charge in [0.05, 0.1) is 5.69 Å². The fourth-order valence-electron chi connectivity index (χ4n) is 4.35. The van der Waals surface area contributed by atoms with Crippen molar-refractivity contribution in [1.82, 2.24) is 14.8 Å². The maximum atomic E-state index is 13.3. The van der Waals surface area contributed by atoms with Crippen molar-refractivity contribution >= 4 is 17.5 Å². The van der Waals surface area contributed by atoms with Crippen LogP contribution in [-0.4, -0.2) is 52.8 Å². The number of aromatic nitrogens is 1. The third-order valence-electron chi connectivity index (χ3n) is 5.93. The number of anilines is 1. The minimum atomic E-state index is -0.0727. The van der Waals surface area contributed by atoms with Crippen molar-refractivity contribution in [2.45, 2.75) is 60.0 Å². The van der Waals surface area contributed by atoms with E-state index in [0.29, 0.717) is 26.1 Å². The lowest BCUT2D eigenvalue weighted by Gasteiger charge is -2.32. The van der Waals surface area contributed by atoms with E-state index in [2.05, 4.69) is 30.7 Å². The number of fused-ring (bicyclic) bond motifs is 1. The molecule has 2 amide bonds. The molecule has 0 aliphatic carbocycles. The summed E-state index contributed by atoms with van der Waals surface area (Å²) < 4.78 is 0. The second-order valence-electron chi connectivity index (χ2n) is 10.2. The molecule has 0 saturated heterocycles. The number of carbonyl (C=O) groups is 2. The first kappa shape index (κ1) is 24.9. The Kier molecular flexibility index (Phi) is 8.61. The summed E-state index contributed by atoms with van der Waals surface area (Å²) in [5.41, 5.74) is 2.91. The van der Waals surface area contributed by atoms with Crippen molar-refractivity contribution in [2.24, 2.45) is 5.41 Å². The molecule has 0 bridgehead atoms. The number of carbonyl (C=O) groups excluding carboxylic acids is 2. The van der Waals surface area contributed by atoms with E-state index < -0.39 is 0 Å². The quantitative estimate of drug-likeness (QED) is 0.691. The number of benzene rings is 1. The maximum absolute atomic E-state index is 13.3. The van der Waals surface area contributed by atoms with Gasteiger partial charge in [-0.3, -0.25) is 19.5 Å². The van der Waals surface area contributed by atoms with Crippen molar-refractivity contribution in [2.75, 3.05) is 31.1 Å². The molecule has 0 unspecified atom stereocenters. The fraction of sp³-hybridized carbons (Fsp3) is 0.519. The fourth-order valence-corrected chi connectivity index (χ4v) is 4.35. The van der Waals surface area contributed by atoms with Crippen LogP contribution in [0.4, 0.5) is 5.69 Å². The summed E-state index contributed by atoms with van der Waals surface area (Å²) in [4.78, 5) is 36.5. The number of hydrogen-bond donors (Lipinski definition) is 0. The standard InChI is InChI=1S/C27H38N4O2/c1-22(32)31-18-10-16-29(21-24-12-7-8-14-28-24)15-9-17-30(26(33)19-27(2,3)4)20-23-11-5-6-13-25(23)31/h5-8,11-14H,9-10,15-21H2,1-4H3. The Morgan fingerprint density at radius 2 is 1.64 bits per heavy atom. The SMILES string of the molecule is CC(=O)N1CCCN(Cc2ccccn2)CCCN(C(=O)CC(C)(C)C)Cc2ccccc21. The molecule has 0 atom stereocenters. The van der Waals surface area contributed by atoms with Gasteiger partial charge in [-0.05, 0) is 42.0 Å². The Morgan fingerprint density at radius 1 is 0.939 bits per heavy atom. The zero-order valence-corrected chi connectivity index (χ0v) is 20.6. The molecule has 0 spiro atoms. The molecule has 2 aromatic rings. The van der Waals surface area contributed by atoms with Crippen molar-refractivity contribution in [3.8, 4) is 0 Å². The highest BCUT2D eigenvalue weighted by molar-refractivity contribution is 5.92. The van der Waals surface area contributed by atoms with Crippen LogP contribution in [0.3, 0.4) is 0 Å². The van der Waals surface area contributed by atoms with Crippen LogP contribution in [0.15, 0.2) is 48.7 Å². The van der Waals surface area contributed by atoms with Crippen LogP contribution >= 0.6 is 0 Å². The van der Waals surface area contributed by atoms with Gasteiger partial charge in [0.2, 0.25) is 11.8 Å². The van der Waals surface area contributed by atoms with E-state index in [4.69, 9.17) is 0 Å². The highest BCUT2D eigenvalue weighted by atomic mass is 16.2. The van der Waals surface area contributed by atoms with Crippen LogP contribution in [0.1, 0.15) is 58.2 Å². The summed E-state index contributed by atoms with van der Waals surface area (Å²) in [5.74, 6) is 0.198. The van der Waals surface area contributed by atoms with Gasteiger partial charge in [0.25, 0.3) is 0 Å². The third kappa shape index (κ3) is 7.67. The summed E-state index contributed by atoms with van der Waals surface area (Å²) >= 11 is 0. The van der Waals surface area contributed by atoms with Crippen LogP contribution in [0.5, 0.6) is 0 Å². The lowest BCUT2D eigenvalue weighted by molar-refractivity contribution is -0.133. The van der Waals surface area contributed by atoms with Gasteiger partial charge in [-0.2, -0.15) is 0 Å². The van der Waals surface area contributed by atoms with Crippen molar-refractivity contribution in [3.63, 3.8) is 0 Å². The lowest BCUT2D eigenvalue weighted by atomic mass is 9.91. The number of hydrogen-bond acceptors (Lipinski definition) is 4. The van der Waals surface area contributed by atoms with Crippen LogP contribution < -0.4 is 4.90 Å². The third-order valence-corrected chi connectivity index (χ3v) is 5.93. The number of amides is 2. The molecule has 1 aliphatic rings. The van der Waals surface area contributed by atoms with Gasteiger partial charge in [0.1, 0.15) is 0 Å². The van der Waals surface area contributed by atoms with Crippen LogP contribution in [0.25, 0.3) is 0 Å². The van der Waals surface area contributed by atoms with E-state index in [1.165, 1.54) is 0 Å². The second kappa shape index (κ2) is 11.4. The van der Waals surface area contributed by atoms with Crippen molar-refractivity contribution < 1.29 is 9.59 Å². The molecule has 3 rings (SSSR count). The molecule has 1 aliphatic heterocycles. The first-order valence-electron chi connectivity index (χ1n) is 12.0. The first-order valence-corrected chi connectivity index (χ1v) is 12.0. The molecule has 178 valence electrons. The lowest BCUT2D eigenvalue weighted by Crippen LogP contribution is -2.39. The molecule has 6 heteroatoms. The van der Waals surface area contributed by atoms with Gasteiger partial charge >= 0.3 is 0 Å². The minimum Gasteiger partial charge on any atom is -0.338 e. The highest BCUT2D eigenvalue weighted by Crippen LogP contribution is 2.26. The largest absolute Gasteiger partial charge is 0.338 e. The molecule has 0 fully saturated rings. The molecule has 0 radical (unpaired) electrons. The second-order valence-corrected chi connectivity index (χ2v) is 10.2. The monoisotopic (exact) mass is 450 g/mol. The molecular formula is C27H38N4O2. The number of para-hydroxylation sites is 1. The van der Waals surface area contributed by atoms with E-state index in [1.807, 2.05) is 58.5 Å². The predicted molar refractivity (Wildman–Crippen MR) is 133 cm³/mol. The van der Waals surface area contributed by atoms with Crippen molar-refractivity contribution in [3.05, 3.63) is 59.9 Å². The van der Waals surface area contributed by atoms with Gasteiger partial charge in [0, 0.05) is 64.5 Å². The molecule has 6 nitrogen and oxygen atoms in total. The van der Waals surface area contributed by atoms with Gasteiger partial charge < -0.3 is 9.80 Å². The zero-order valence-electron chi connectivity index (χ0n) is 20.6. The van der Waals surface area contributed by atoms with E-state index in [0.717, 1.165) is 49.4 Å². The van der Waals surface area contributed by atoms with E-state index >= 15 is 0 Å². The van der Waals surface area contributed by atoms with E-state index in [1.54, 1.807) is 6.92 Å². The van der Waals surface area contributed by atoms with E-state index in [-0.39, 0.29) is 17.2 Å². The van der Waals surface area contributed by atoms with Crippen molar-refractivity contribution in [1.29, 1.82) is 0 Å². The smallest absolute Gasteiger partial charge is 0.223 e. The molecule has 33 heavy (non-hydrogen) atoms. The average Bonchev–Trinajstić information content (AvgIpc) is 2.74. The predicted octanol–water partition coefficient (Wildman–Crippen LogP) is 4.50. The Hall–Kier alpha value is -2.73. The van der Waals surface area contributed by atoms with Crippen LogP contribution in [0.2, 0.25) is 0 Å². The number of pyridine rings is 1. The summed E-state index contributed by atoms with van der Waals surface area (Å²) in [6.45, 7) is 12.3. The number of rotatable bonds is 3. The molecule has 2 heterocycles. The molecule has 0 saturated carbocycles. The average molecular weight is 451 g/mol.